The second kappa shape index (κ2) is 14.9. The van der Waals surface area contributed by atoms with E-state index < -0.39 is 0 Å². The van der Waals surface area contributed by atoms with Gasteiger partial charge in [-0.15, -0.1) is 0 Å². The summed E-state index contributed by atoms with van der Waals surface area (Å²) < 4.78 is 2.44. The SMILES string of the molecule is Cc1c(-c2ccccc2)c(C)c(-c2cccc(-c3ccc(-c4ccc5c(c4)C(C)(C)c4cc6c(cc4-5)c4ccccc4n6-c4ccccc4)c4ccccc34)c2)c(C)c1-c1ccccc1. The lowest BCUT2D eigenvalue weighted by Crippen LogP contribution is -2.15. The van der Waals surface area contributed by atoms with E-state index in [0.29, 0.717) is 0 Å². The standard InChI is InChI=1S/C64H49N/c1-40-61(43-20-9-6-10-21-43)41(2)63(42(3)62(40)44-22-11-7-12-23-44)47-25-19-24-45(36-47)49-34-35-50(52-29-16-15-28-51(49)52)46-32-33-53-55-38-56-54-30-17-18-31-59(54)65(48-26-13-8-14-27-48)60(56)39-58(55)64(4,5)57(53)37-46/h6-39H,1-5H3. The molecule has 12 rings (SSSR count). The number of fused-ring (bicyclic) bond motifs is 7. The van der Waals surface area contributed by atoms with E-state index in [-0.39, 0.29) is 5.41 Å². The second-order valence-electron chi connectivity index (χ2n) is 18.5. The van der Waals surface area contributed by atoms with Crippen LogP contribution in [0.1, 0.15) is 41.7 Å². The molecular formula is C64H49N. The Balaban J connectivity index is 0.974. The van der Waals surface area contributed by atoms with Gasteiger partial charge in [0.15, 0.2) is 0 Å². The average molecular weight is 832 g/mol. The summed E-state index contributed by atoms with van der Waals surface area (Å²) in [6.07, 6.45) is 0. The molecule has 310 valence electrons. The molecule has 1 heteroatoms. The van der Waals surface area contributed by atoms with Crippen molar-refractivity contribution >= 4 is 32.6 Å². The third-order valence-corrected chi connectivity index (χ3v) is 14.6. The predicted octanol–water partition coefficient (Wildman–Crippen LogP) is 17.5. The molecule has 0 aliphatic heterocycles. The van der Waals surface area contributed by atoms with Gasteiger partial charge in [-0.1, -0.05) is 178 Å². The maximum absolute atomic E-state index is 2.48. The van der Waals surface area contributed by atoms with Crippen molar-refractivity contribution in [2.75, 3.05) is 0 Å². The third-order valence-electron chi connectivity index (χ3n) is 14.6. The molecule has 0 amide bonds. The maximum atomic E-state index is 2.48. The van der Waals surface area contributed by atoms with Crippen molar-refractivity contribution in [1.82, 2.24) is 4.57 Å². The quantitative estimate of drug-likeness (QED) is 0.157. The Kier molecular flexibility index (Phi) is 8.94. The smallest absolute Gasteiger partial charge is 0.0544 e. The molecule has 0 radical (unpaired) electrons. The fraction of sp³-hybridized carbons (Fsp3) is 0.0938. The van der Waals surface area contributed by atoms with Gasteiger partial charge >= 0.3 is 0 Å². The fourth-order valence-corrected chi connectivity index (χ4v) is 11.6. The average Bonchev–Trinajstić information content (AvgIpc) is 3.78. The van der Waals surface area contributed by atoms with Gasteiger partial charge in [-0.2, -0.15) is 0 Å². The van der Waals surface area contributed by atoms with Gasteiger partial charge in [0, 0.05) is 21.9 Å². The number of nitrogens with zero attached hydrogens (tertiary/aromatic N) is 1. The molecule has 1 aromatic heterocycles. The Bertz CT molecular complexity index is 3610. The Morgan fingerprint density at radius 1 is 0.308 bits per heavy atom. The molecule has 0 spiro atoms. The Hall–Kier alpha value is -7.74. The molecule has 0 saturated carbocycles. The monoisotopic (exact) mass is 831 g/mol. The van der Waals surface area contributed by atoms with Crippen molar-refractivity contribution in [3.8, 4) is 72.4 Å². The lowest BCUT2D eigenvalue weighted by molar-refractivity contribution is 0.661. The summed E-state index contributed by atoms with van der Waals surface area (Å²) in [5, 5.41) is 5.10. The maximum Gasteiger partial charge on any atom is 0.0544 e. The first-order valence-electron chi connectivity index (χ1n) is 22.9. The van der Waals surface area contributed by atoms with Crippen molar-refractivity contribution in [3.05, 3.63) is 234 Å². The number of hydrogen-bond donors (Lipinski definition) is 0. The van der Waals surface area contributed by atoms with Gasteiger partial charge < -0.3 is 4.57 Å². The normalized spacial score (nSPS) is 12.8. The van der Waals surface area contributed by atoms with Gasteiger partial charge in [0.25, 0.3) is 0 Å². The van der Waals surface area contributed by atoms with Crippen LogP contribution >= 0.6 is 0 Å². The molecule has 1 aliphatic rings. The first kappa shape index (κ1) is 38.9. The van der Waals surface area contributed by atoms with Gasteiger partial charge in [-0.05, 0) is 169 Å². The van der Waals surface area contributed by atoms with Crippen LogP contribution in [0.25, 0.3) is 105 Å². The molecule has 0 unspecified atom stereocenters. The molecule has 0 N–H and O–H groups in total. The molecule has 11 aromatic rings. The van der Waals surface area contributed by atoms with Crippen LogP contribution in [-0.2, 0) is 5.41 Å². The molecule has 0 bridgehead atoms. The van der Waals surface area contributed by atoms with E-state index in [1.165, 1.54) is 133 Å². The van der Waals surface area contributed by atoms with E-state index in [1.807, 2.05) is 0 Å². The topological polar surface area (TPSA) is 4.93 Å². The van der Waals surface area contributed by atoms with E-state index in [2.05, 4.69) is 245 Å². The Morgan fingerprint density at radius 3 is 1.38 bits per heavy atom. The fourth-order valence-electron chi connectivity index (χ4n) is 11.6. The largest absolute Gasteiger partial charge is 0.309 e. The number of rotatable bonds is 6. The molecule has 0 fully saturated rings. The van der Waals surface area contributed by atoms with Crippen LogP contribution in [0.3, 0.4) is 0 Å². The molecular weight excluding hydrogens is 783 g/mol. The van der Waals surface area contributed by atoms with E-state index in [4.69, 9.17) is 0 Å². The number of hydrogen-bond acceptors (Lipinski definition) is 0. The van der Waals surface area contributed by atoms with Crippen molar-refractivity contribution < 1.29 is 0 Å². The van der Waals surface area contributed by atoms with Crippen LogP contribution in [0, 0.1) is 20.8 Å². The van der Waals surface area contributed by atoms with Gasteiger partial charge in [0.1, 0.15) is 0 Å². The molecule has 65 heavy (non-hydrogen) atoms. The predicted molar refractivity (Wildman–Crippen MR) is 277 cm³/mol. The van der Waals surface area contributed by atoms with E-state index in [9.17, 15) is 0 Å². The van der Waals surface area contributed by atoms with E-state index in [1.54, 1.807) is 0 Å². The highest BCUT2D eigenvalue weighted by atomic mass is 15.0. The number of benzene rings is 10. The van der Waals surface area contributed by atoms with Crippen LogP contribution in [-0.4, -0.2) is 4.57 Å². The third kappa shape index (κ3) is 5.99. The minimum atomic E-state index is -0.185. The number of para-hydroxylation sites is 2. The van der Waals surface area contributed by atoms with Crippen LogP contribution < -0.4 is 0 Å². The minimum absolute atomic E-state index is 0.185. The molecule has 1 nitrogen and oxygen atoms in total. The van der Waals surface area contributed by atoms with E-state index in [0.717, 1.165) is 0 Å². The lowest BCUT2D eigenvalue weighted by atomic mass is 9.80. The molecule has 1 heterocycles. The molecule has 0 atom stereocenters. The highest BCUT2D eigenvalue weighted by Gasteiger charge is 2.37. The highest BCUT2D eigenvalue weighted by Crippen LogP contribution is 2.53. The first-order chi connectivity index (χ1) is 31.8. The molecule has 10 aromatic carbocycles. The summed E-state index contributed by atoms with van der Waals surface area (Å²) >= 11 is 0. The second-order valence-corrected chi connectivity index (χ2v) is 18.5. The van der Waals surface area contributed by atoms with Crippen molar-refractivity contribution in [2.24, 2.45) is 0 Å². The van der Waals surface area contributed by atoms with E-state index >= 15 is 0 Å². The van der Waals surface area contributed by atoms with Crippen molar-refractivity contribution in [3.63, 3.8) is 0 Å². The summed E-state index contributed by atoms with van der Waals surface area (Å²) in [4.78, 5) is 0. The van der Waals surface area contributed by atoms with Crippen molar-refractivity contribution in [2.45, 2.75) is 40.0 Å². The summed E-state index contributed by atoms with van der Waals surface area (Å²) in [6, 6.07) is 76.5. The molecule has 0 saturated heterocycles. The van der Waals surface area contributed by atoms with Crippen LogP contribution in [0.2, 0.25) is 0 Å². The van der Waals surface area contributed by atoms with Gasteiger partial charge in [-0.25, -0.2) is 0 Å². The summed E-state index contributed by atoms with van der Waals surface area (Å²) in [5.41, 5.74) is 25.5. The molecule has 1 aliphatic carbocycles. The zero-order valence-corrected chi connectivity index (χ0v) is 37.6. The number of aromatic nitrogens is 1. The van der Waals surface area contributed by atoms with Crippen LogP contribution in [0.15, 0.2) is 206 Å². The van der Waals surface area contributed by atoms with Crippen LogP contribution in [0.4, 0.5) is 0 Å². The van der Waals surface area contributed by atoms with Crippen LogP contribution in [0.5, 0.6) is 0 Å². The Labute approximate surface area is 381 Å². The summed E-state index contributed by atoms with van der Waals surface area (Å²) in [7, 11) is 0. The van der Waals surface area contributed by atoms with Gasteiger partial charge in [-0.3, -0.25) is 0 Å². The summed E-state index contributed by atoms with van der Waals surface area (Å²) in [6.45, 7) is 11.7. The lowest BCUT2D eigenvalue weighted by Gasteiger charge is -2.24. The first-order valence-corrected chi connectivity index (χ1v) is 22.9. The zero-order chi connectivity index (χ0) is 44.0. The van der Waals surface area contributed by atoms with Crippen molar-refractivity contribution in [1.29, 1.82) is 0 Å². The summed E-state index contributed by atoms with van der Waals surface area (Å²) in [5.74, 6) is 0. The zero-order valence-electron chi connectivity index (χ0n) is 37.6. The highest BCUT2D eigenvalue weighted by molar-refractivity contribution is 6.12. The Morgan fingerprint density at radius 2 is 0.769 bits per heavy atom. The minimum Gasteiger partial charge on any atom is -0.309 e. The van der Waals surface area contributed by atoms with Gasteiger partial charge in [0.05, 0.1) is 11.0 Å². The van der Waals surface area contributed by atoms with Gasteiger partial charge in [0.2, 0.25) is 0 Å².